The Balaban J connectivity index is 1.82. The van der Waals surface area contributed by atoms with E-state index in [4.69, 9.17) is 5.11 Å². The molecule has 0 spiro atoms. The quantitative estimate of drug-likeness (QED) is 0.621. The van der Waals surface area contributed by atoms with Gasteiger partial charge >= 0.3 is 5.97 Å². The van der Waals surface area contributed by atoms with Crippen molar-refractivity contribution in [3.8, 4) is 0 Å². The fourth-order valence-corrected chi connectivity index (χ4v) is 1.42. The summed E-state index contributed by atoms with van der Waals surface area (Å²) in [5.41, 5.74) is -0.141. The SMILES string of the molecule is CCc1nc(C(=O)NCCn2cc(C(=O)O)nn2)n[nH]1. The van der Waals surface area contributed by atoms with E-state index in [1.165, 1.54) is 10.9 Å². The zero-order chi connectivity index (χ0) is 14.5. The van der Waals surface area contributed by atoms with Gasteiger partial charge in [-0.15, -0.1) is 10.2 Å². The second kappa shape index (κ2) is 5.91. The molecule has 0 bridgehead atoms. The molecule has 0 aromatic carbocycles. The minimum absolute atomic E-state index is 0.0756. The van der Waals surface area contributed by atoms with Crippen LogP contribution in [0.3, 0.4) is 0 Å². The Kier molecular flexibility index (Phi) is 4.03. The van der Waals surface area contributed by atoms with Crippen molar-refractivity contribution in [1.29, 1.82) is 0 Å². The molecule has 20 heavy (non-hydrogen) atoms. The van der Waals surface area contributed by atoms with Crippen molar-refractivity contribution in [2.24, 2.45) is 0 Å². The smallest absolute Gasteiger partial charge is 0.358 e. The van der Waals surface area contributed by atoms with Gasteiger partial charge in [0.25, 0.3) is 5.91 Å². The molecule has 0 aliphatic carbocycles. The fraction of sp³-hybridized carbons (Fsp3) is 0.400. The number of nitrogens with zero attached hydrogens (tertiary/aromatic N) is 5. The largest absolute Gasteiger partial charge is 0.476 e. The molecule has 2 aromatic heterocycles. The number of hydrogen-bond donors (Lipinski definition) is 3. The maximum atomic E-state index is 11.7. The summed E-state index contributed by atoms with van der Waals surface area (Å²) >= 11 is 0. The highest BCUT2D eigenvalue weighted by Gasteiger charge is 2.12. The molecule has 2 heterocycles. The highest BCUT2D eigenvalue weighted by molar-refractivity contribution is 5.90. The molecule has 0 saturated carbocycles. The van der Waals surface area contributed by atoms with Crippen LogP contribution in [0, 0.1) is 0 Å². The van der Waals surface area contributed by atoms with Gasteiger partial charge in [0.2, 0.25) is 5.82 Å². The number of H-pyrrole nitrogens is 1. The molecular formula is C10H13N7O3. The molecule has 10 heteroatoms. The standard InChI is InChI=1S/C10H13N7O3/c1-2-7-12-8(15-14-7)9(18)11-3-4-17-5-6(10(19)20)13-16-17/h5H,2-4H2,1H3,(H,11,18)(H,19,20)(H,12,14,15). The summed E-state index contributed by atoms with van der Waals surface area (Å²) in [6.07, 6.45) is 1.95. The number of carboxylic acid groups (broad SMARTS) is 1. The van der Waals surface area contributed by atoms with Crippen molar-refractivity contribution in [2.75, 3.05) is 6.54 Å². The molecule has 0 atom stereocenters. The Morgan fingerprint density at radius 2 is 2.30 bits per heavy atom. The van der Waals surface area contributed by atoms with E-state index in [-0.39, 0.29) is 18.1 Å². The summed E-state index contributed by atoms with van der Waals surface area (Å²) in [6.45, 7) is 2.46. The van der Waals surface area contributed by atoms with E-state index in [0.29, 0.717) is 18.8 Å². The van der Waals surface area contributed by atoms with E-state index < -0.39 is 11.9 Å². The van der Waals surface area contributed by atoms with E-state index in [9.17, 15) is 9.59 Å². The zero-order valence-electron chi connectivity index (χ0n) is 10.7. The topological polar surface area (TPSA) is 139 Å². The minimum Gasteiger partial charge on any atom is -0.476 e. The first-order chi connectivity index (χ1) is 9.60. The zero-order valence-corrected chi connectivity index (χ0v) is 10.7. The van der Waals surface area contributed by atoms with Crippen molar-refractivity contribution in [2.45, 2.75) is 19.9 Å². The van der Waals surface area contributed by atoms with Crippen LogP contribution in [0.5, 0.6) is 0 Å². The average Bonchev–Trinajstić information content (AvgIpc) is 3.07. The number of aromatic nitrogens is 6. The first-order valence-electron chi connectivity index (χ1n) is 5.93. The van der Waals surface area contributed by atoms with E-state index in [1.54, 1.807) is 0 Å². The number of aromatic amines is 1. The van der Waals surface area contributed by atoms with E-state index in [1.807, 2.05) is 6.92 Å². The summed E-state index contributed by atoms with van der Waals surface area (Å²) in [5.74, 6) is -0.836. The second-order valence-corrected chi connectivity index (χ2v) is 3.89. The van der Waals surface area contributed by atoms with Crippen molar-refractivity contribution >= 4 is 11.9 Å². The van der Waals surface area contributed by atoms with Gasteiger partial charge in [-0.2, -0.15) is 0 Å². The van der Waals surface area contributed by atoms with Crippen molar-refractivity contribution < 1.29 is 14.7 Å². The van der Waals surface area contributed by atoms with Crippen LogP contribution < -0.4 is 5.32 Å². The van der Waals surface area contributed by atoms with Gasteiger partial charge in [0.05, 0.1) is 12.7 Å². The van der Waals surface area contributed by atoms with Crippen LogP contribution in [0.15, 0.2) is 6.20 Å². The molecule has 106 valence electrons. The minimum atomic E-state index is -1.15. The lowest BCUT2D eigenvalue weighted by Gasteiger charge is -2.01. The number of carbonyl (C=O) groups excluding carboxylic acids is 1. The van der Waals surface area contributed by atoms with E-state index in [0.717, 1.165) is 0 Å². The number of aromatic carboxylic acids is 1. The second-order valence-electron chi connectivity index (χ2n) is 3.89. The van der Waals surface area contributed by atoms with Crippen LogP contribution in [-0.4, -0.2) is 53.7 Å². The van der Waals surface area contributed by atoms with Crippen LogP contribution in [0.1, 0.15) is 33.9 Å². The average molecular weight is 279 g/mol. The summed E-state index contributed by atoms with van der Waals surface area (Å²) in [5, 5.41) is 24.8. The fourth-order valence-electron chi connectivity index (χ4n) is 1.42. The number of aryl methyl sites for hydroxylation is 1. The van der Waals surface area contributed by atoms with Gasteiger partial charge in [-0.05, 0) is 0 Å². The Morgan fingerprint density at radius 3 is 2.90 bits per heavy atom. The van der Waals surface area contributed by atoms with Gasteiger partial charge in [0, 0.05) is 13.0 Å². The summed E-state index contributed by atoms with van der Waals surface area (Å²) in [7, 11) is 0. The molecule has 0 radical (unpaired) electrons. The molecular weight excluding hydrogens is 266 g/mol. The third kappa shape index (κ3) is 3.16. The summed E-state index contributed by atoms with van der Waals surface area (Å²) in [4.78, 5) is 26.3. The third-order valence-electron chi connectivity index (χ3n) is 2.45. The molecule has 0 saturated heterocycles. The molecule has 2 rings (SSSR count). The van der Waals surface area contributed by atoms with Crippen molar-refractivity contribution in [1.82, 2.24) is 35.5 Å². The number of carboxylic acids is 1. The maximum Gasteiger partial charge on any atom is 0.358 e. The van der Waals surface area contributed by atoms with Gasteiger partial charge in [-0.1, -0.05) is 12.1 Å². The lowest BCUT2D eigenvalue weighted by Crippen LogP contribution is -2.28. The normalized spacial score (nSPS) is 10.4. The predicted molar refractivity (Wildman–Crippen MR) is 65.1 cm³/mol. The van der Waals surface area contributed by atoms with Crippen LogP contribution >= 0.6 is 0 Å². The molecule has 0 aliphatic heterocycles. The Labute approximate surface area is 113 Å². The Hall–Kier alpha value is -2.78. The van der Waals surface area contributed by atoms with Gasteiger partial charge in [0.15, 0.2) is 5.69 Å². The number of rotatable bonds is 6. The number of nitrogens with one attached hydrogen (secondary N) is 2. The lowest BCUT2D eigenvalue weighted by atomic mass is 10.4. The Morgan fingerprint density at radius 1 is 1.50 bits per heavy atom. The summed E-state index contributed by atoms with van der Waals surface area (Å²) in [6, 6.07) is 0. The van der Waals surface area contributed by atoms with Crippen LogP contribution in [0.2, 0.25) is 0 Å². The Bertz CT molecular complexity index is 618. The summed E-state index contributed by atoms with van der Waals surface area (Å²) < 4.78 is 1.33. The van der Waals surface area contributed by atoms with E-state index in [2.05, 4.69) is 30.8 Å². The third-order valence-corrected chi connectivity index (χ3v) is 2.45. The molecule has 1 amide bonds. The number of carbonyl (C=O) groups is 2. The van der Waals surface area contributed by atoms with Gasteiger partial charge < -0.3 is 10.4 Å². The van der Waals surface area contributed by atoms with Crippen molar-refractivity contribution in [3.05, 3.63) is 23.5 Å². The number of hydrogen-bond acceptors (Lipinski definition) is 6. The molecule has 10 nitrogen and oxygen atoms in total. The molecule has 0 unspecified atom stereocenters. The predicted octanol–water partition coefficient (Wildman–Crippen LogP) is -0.913. The van der Waals surface area contributed by atoms with Crippen LogP contribution in [0.4, 0.5) is 0 Å². The molecule has 0 fully saturated rings. The molecule has 2 aromatic rings. The van der Waals surface area contributed by atoms with Gasteiger partial charge in [-0.25, -0.2) is 14.5 Å². The van der Waals surface area contributed by atoms with Crippen molar-refractivity contribution in [3.63, 3.8) is 0 Å². The lowest BCUT2D eigenvalue weighted by molar-refractivity contribution is 0.0690. The van der Waals surface area contributed by atoms with E-state index >= 15 is 0 Å². The highest BCUT2D eigenvalue weighted by atomic mass is 16.4. The monoisotopic (exact) mass is 279 g/mol. The first-order valence-corrected chi connectivity index (χ1v) is 5.93. The molecule has 3 N–H and O–H groups in total. The first kappa shape index (κ1) is 13.6. The maximum absolute atomic E-state index is 11.7. The van der Waals surface area contributed by atoms with Crippen LogP contribution in [-0.2, 0) is 13.0 Å². The van der Waals surface area contributed by atoms with Crippen LogP contribution in [0.25, 0.3) is 0 Å². The number of amides is 1. The van der Waals surface area contributed by atoms with Gasteiger partial charge in [-0.3, -0.25) is 9.89 Å². The highest BCUT2D eigenvalue weighted by Crippen LogP contribution is 1.94. The molecule has 0 aliphatic rings. The van der Waals surface area contributed by atoms with Gasteiger partial charge in [0.1, 0.15) is 5.82 Å².